The van der Waals surface area contributed by atoms with E-state index in [0.717, 1.165) is 49.2 Å². The average Bonchev–Trinajstić information content (AvgIpc) is 3.13. The standard InChI is InChI=1S/C16H20ClN3O/c17-9-7-15-18-13-5-1-2-6-14(13)20(15)12-8-16(21)19-10-3-4-11-19/h1-2,5-6H,3-4,7-12H2. The minimum Gasteiger partial charge on any atom is -0.343 e. The molecular weight excluding hydrogens is 286 g/mol. The molecule has 0 atom stereocenters. The first-order valence-corrected chi connectivity index (χ1v) is 8.11. The second-order valence-electron chi connectivity index (χ2n) is 5.45. The van der Waals surface area contributed by atoms with Crippen LogP contribution in [0.2, 0.25) is 0 Å². The number of aromatic nitrogens is 2. The second kappa shape index (κ2) is 6.48. The van der Waals surface area contributed by atoms with Crippen molar-refractivity contribution in [2.24, 2.45) is 0 Å². The van der Waals surface area contributed by atoms with Crippen molar-refractivity contribution in [3.05, 3.63) is 30.1 Å². The number of halogens is 1. The third-order valence-electron chi connectivity index (χ3n) is 4.06. The lowest BCUT2D eigenvalue weighted by atomic mass is 10.3. The van der Waals surface area contributed by atoms with Gasteiger partial charge in [0, 0.05) is 38.4 Å². The molecule has 1 fully saturated rings. The topological polar surface area (TPSA) is 38.1 Å². The van der Waals surface area contributed by atoms with Crippen LogP contribution in [0.1, 0.15) is 25.1 Å². The van der Waals surface area contributed by atoms with Gasteiger partial charge in [-0.15, -0.1) is 11.6 Å². The van der Waals surface area contributed by atoms with Gasteiger partial charge in [-0.05, 0) is 25.0 Å². The number of rotatable bonds is 5. The van der Waals surface area contributed by atoms with Crippen LogP contribution in [0, 0.1) is 0 Å². The number of aryl methyl sites for hydroxylation is 2. The van der Waals surface area contributed by atoms with Crippen LogP contribution in [0.3, 0.4) is 0 Å². The van der Waals surface area contributed by atoms with Crippen LogP contribution in [0.4, 0.5) is 0 Å². The molecule has 1 aliphatic heterocycles. The number of imidazole rings is 1. The number of nitrogens with zero attached hydrogens (tertiary/aromatic N) is 3. The fourth-order valence-electron chi connectivity index (χ4n) is 2.98. The Balaban J connectivity index is 1.78. The van der Waals surface area contributed by atoms with Gasteiger partial charge in [-0.1, -0.05) is 12.1 Å². The highest BCUT2D eigenvalue weighted by Gasteiger charge is 2.18. The zero-order valence-electron chi connectivity index (χ0n) is 12.1. The molecule has 21 heavy (non-hydrogen) atoms. The van der Waals surface area contributed by atoms with Crippen molar-refractivity contribution >= 4 is 28.5 Å². The van der Waals surface area contributed by atoms with E-state index in [2.05, 4.69) is 15.6 Å². The summed E-state index contributed by atoms with van der Waals surface area (Å²) in [7, 11) is 0. The SMILES string of the molecule is O=C(CCn1c(CCCl)nc2ccccc21)N1CCCC1. The van der Waals surface area contributed by atoms with Gasteiger partial charge in [0.1, 0.15) is 5.82 Å². The molecule has 2 aromatic rings. The smallest absolute Gasteiger partial charge is 0.224 e. The van der Waals surface area contributed by atoms with Crippen molar-refractivity contribution in [3.63, 3.8) is 0 Å². The fraction of sp³-hybridized carbons (Fsp3) is 0.500. The van der Waals surface area contributed by atoms with E-state index < -0.39 is 0 Å². The Kier molecular flexibility index (Phi) is 4.44. The van der Waals surface area contributed by atoms with Crippen molar-refractivity contribution in [2.75, 3.05) is 19.0 Å². The third-order valence-corrected chi connectivity index (χ3v) is 4.25. The van der Waals surface area contributed by atoms with Crippen LogP contribution < -0.4 is 0 Å². The Morgan fingerprint density at radius 2 is 2.00 bits per heavy atom. The summed E-state index contributed by atoms with van der Waals surface area (Å²) in [5.41, 5.74) is 2.07. The Labute approximate surface area is 129 Å². The maximum Gasteiger partial charge on any atom is 0.224 e. The molecule has 3 rings (SSSR count). The summed E-state index contributed by atoms with van der Waals surface area (Å²) in [6.07, 6.45) is 3.54. The van der Waals surface area contributed by atoms with Crippen molar-refractivity contribution in [3.8, 4) is 0 Å². The van der Waals surface area contributed by atoms with Crippen LogP contribution in [0.25, 0.3) is 11.0 Å². The van der Waals surface area contributed by atoms with E-state index >= 15 is 0 Å². The van der Waals surface area contributed by atoms with E-state index in [0.29, 0.717) is 18.8 Å². The molecule has 0 aliphatic carbocycles. The Hall–Kier alpha value is -1.55. The molecule has 1 amide bonds. The molecular formula is C16H20ClN3O. The quantitative estimate of drug-likeness (QED) is 0.797. The van der Waals surface area contributed by atoms with Gasteiger partial charge >= 0.3 is 0 Å². The van der Waals surface area contributed by atoms with E-state index in [-0.39, 0.29) is 5.91 Å². The van der Waals surface area contributed by atoms with Crippen LogP contribution in [0.15, 0.2) is 24.3 Å². The summed E-state index contributed by atoms with van der Waals surface area (Å²) in [4.78, 5) is 18.8. The Morgan fingerprint density at radius 3 is 2.76 bits per heavy atom. The molecule has 0 unspecified atom stereocenters. The number of carbonyl (C=O) groups excluding carboxylic acids is 1. The molecule has 0 bridgehead atoms. The molecule has 1 aliphatic rings. The minimum absolute atomic E-state index is 0.252. The lowest BCUT2D eigenvalue weighted by Crippen LogP contribution is -2.28. The van der Waals surface area contributed by atoms with Crippen LogP contribution in [-0.4, -0.2) is 39.3 Å². The molecule has 0 saturated carbocycles. The summed E-state index contributed by atoms with van der Waals surface area (Å²) >= 11 is 5.87. The summed E-state index contributed by atoms with van der Waals surface area (Å²) in [5, 5.41) is 0. The maximum atomic E-state index is 12.2. The lowest BCUT2D eigenvalue weighted by molar-refractivity contribution is -0.130. The van der Waals surface area contributed by atoms with Crippen LogP contribution in [0.5, 0.6) is 0 Å². The monoisotopic (exact) mass is 305 g/mol. The fourth-order valence-corrected chi connectivity index (χ4v) is 3.15. The zero-order valence-corrected chi connectivity index (χ0v) is 12.9. The predicted molar refractivity (Wildman–Crippen MR) is 84.6 cm³/mol. The summed E-state index contributed by atoms with van der Waals surface area (Å²) < 4.78 is 2.14. The van der Waals surface area contributed by atoms with Gasteiger partial charge in [0.05, 0.1) is 11.0 Å². The number of alkyl halides is 1. The predicted octanol–water partition coefficient (Wildman–Crippen LogP) is 2.83. The number of likely N-dealkylation sites (tertiary alicyclic amines) is 1. The largest absolute Gasteiger partial charge is 0.343 e. The van der Waals surface area contributed by atoms with E-state index in [1.807, 2.05) is 23.1 Å². The molecule has 1 aromatic carbocycles. The van der Waals surface area contributed by atoms with Crippen molar-refractivity contribution < 1.29 is 4.79 Å². The van der Waals surface area contributed by atoms with Crippen molar-refractivity contribution in [1.29, 1.82) is 0 Å². The lowest BCUT2D eigenvalue weighted by Gasteiger charge is -2.16. The van der Waals surface area contributed by atoms with Crippen LogP contribution in [-0.2, 0) is 17.8 Å². The number of para-hydroxylation sites is 2. The molecule has 0 N–H and O–H groups in total. The van der Waals surface area contributed by atoms with Gasteiger partial charge in [-0.2, -0.15) is 0 Å². The molecule has 5 heteroatoms. The normalized spacial score (nSPS) is 15.0. The van der Waals surface area contributed by atoms with Gasteiger partial charge in [0.25, 0.3) is 0 Å². The van der Waals surface area contributed by atoms with Gasteiger partial charge in [-0.25, -0.2) is 4.98 Å². The zero-order chi connectivity index (χ0) is 14.7. The molecule has 0 spiro atoms. The van der Waals surface area contributed by atoms with Gasteiger partial charge in [0.15, 0.2) is 0 Å². The van der Waals surface area contributed by atoms with Crippen molar-refractivity contribution in [2.45, 2.75) is 32.2 Å². The first kappa shape index (κ1) is 14.4. The van der Waals surface area contributed by atoms with Gasteiger partial charge in [0.2, 0.25) is 5.91 Å². The number of amides is 1. The molecule has 4 nitrogen and oxygen atoms in total. The second-order valence-corrected chi connectivity index (χ2v) is 5.82. The summed E-state index contributed by atoms with van der Waals surface area (Å²) in [5.74, 6) is 1.77. The van der Waals surface area contributed by atoms with Crippen LogP contribution >= 0.6 is 11.6 Å². The van der Waals surface area contributed by atoms with E-state index in [1.54, 1.807) is 0 Å². The van der Waals surface area contributed by atoms with E-state index in [4.69, 9.17) is 11.6 Å². The molecule has 0 radical (unpaired) electrons. The Bertz CT molecular complexity index is 631. The van der Waals surface area contributed by atoms with Crippen molar-refractivity contribution in [1.82, 2.24) is 14.5 Å². The van der Waals surface area contributed by atoms with Gasteiger partial charge in [-0.3, -0.25) is 4.79 Å². The molecule has 1 saturated heterocycles. The Morgan fingerprint density at radius 1 is 1.24 bits per heavy atom. The number of hydrogen-bond donors (Lipinski definition) is 0. The molecule has 1 aromatic heterocycles. The van der Waals surface area contributed by atoms with E-state index in [9.17, 15) is 4.79 Å². The average molecular weight is 306 g/mol. The van der Waals surface area contributed by atoms with Gasteiger partial charge < -0.3 is 9.47 Å². The first-order valence-electron chi connectivity index (χ1n) is 7.57. The first-order chi connectivity index (χ1) is 10.3. The van der Waals surface area contributed by atoms with E-state index in [1.165, 1.54) is 0 Å². The molecule has 112 valence electrons. The number of hydrogen-bond acceptors (Lipinski definition) is 2. The number of benzene rings is 1. The highest BCUT2D eigenvalue weighted by atomic mass is 35.5. The number of fused-ring (bicyclic) bond motifs is 1. The number of carbonyl (C=O) groups is 1. The highest BCUT2D eigenvalue weighted by molar-refractivity contribution is 6.17. The molecule has 2 heterocycles. The maximum absolute atomic E-state index is 12.2. The highest BCUT2D eigenvalue weighted by Crippen LogP contribution is 2.18. The summed E-state index contributed by atoms with van der Waals surface area (Å²) in [6.45, 7) is 2.51. The summed E-state index contributed by atoms with van der Waals surface area (Å²) in [6, 6.07) is 8.05. The minimum atomic E-state index is 0.252. The third kappa shape index (κ3) is 3.05.